The van der Waals surface area contributed by atoms with Gasteiger partial charge < -0.3 is 19.9 Å². The molecule has 25 heavy (non-hydrogen) atoms. The molecular formula is C18H35IN4O2. The molecule has 0 aliphatic carbocycles. The summed E-state index contributed by atoms with van der Waals surface area (Å²) in [5, 5.41) is 3.42. The molecule has 0 aromatic carbocycles. The molecule has 0 radical (unpaired) electrons. The van der Waals surface area contributed by atoms with Crippen LogP contribution in [-0.4, -0.2) is 74.1 Å². The van der Waals surface area contributed by atoms with Gasteiger partial charge in [-0.2, -0.15) is 0 Å². The third kappa shape index (κ3) is 6.92. The zero-order valence-corrected chi connectivity index (χ0v) is 18.3. The summed E-state index contributed by atoms with van der Waals surface area (Å²) in [6.45, 7) is 13.7. The fourth-order valence-electron chi connectivity index (χ4n) is 3.58. The number of aliphatic imine (C=N–C) groups is 1. The lowest BCUT2D eigenvalue weighted by molar-refractivity contribution is -0.149. The highest BCUT2D eigenvalue weighted by Crippen LogP contribution is 2.20. The number of carbonyl (C=O) groups is 1. The van der Waals surface area contributed by atoms with Gasteiger partial charge in [-0.25, -0.2) is 0 Å². The predicted octanol–water partition coefficient (Wildman–Crippen LogP) is 2.19. The number of esters is 1. The number of nitrogens with zero attached hydrogens (tertiary/aromatic N) is 3. The lowest BCUT2D eigenvalue weighted by Gasteiger charge is -2.33. The number of halogens is 1. The van der Waals surface area contributed by atoms with E-state index in [1.54, 1.807) is 0 Å². The van der Waals surface area contributed by atoms with Crippen LogP contribution in [0.1, 0.15) is 40.0 Å². The smallest absolute Gasteiger partial charge is 0.309 e. The molecule has 0 bridgehead atoms. The van der Waals surface area contributed by atoms with Crippen molar-refractivity contribution in [2.24, 2.45) is 16.8 Å². The Bertz CT molecular complexity index is 425. The van der Waals surface area contributed by atoms with Gasteiger partial charge in [0.25, 0.3) is 0 Å². The maximum absolute atomic E-state index is 11.9. The van der Waals surface area contributed by atoms with E-state index >= 15 is 0 Å². The van der Waals surface area contributed by atoms with Crippen molar-refractivity contribution in [1.29, 1.82) is 0 Å². The number of hydrogen-bond acceptors (Lipinski definition) is 4. The van der Waals surface area contributed by atoms with E-state index < -0.39 is 0 Å². The normalized spacial score (nSPS) is 22.6. The van der Waals surface area contributed by atoms with Crippen LogP contribution >= 0.6 is 24.0 Å². The van der Waals surface area contributed by atoms with Crippen LogP contribution in [0.5, 0.6) is 0 Å². The van der Waals surface area contributed by atoms with Crippen LogP contribution in [0.25, 0.3) is 0 Å². The third-order valence-corrected chi connectivity index (χ3v) is 5.07. The Kier molecular flexibility index (Phi) is 10.7. The van der Waals surface area contributed by atoms with Crippen LogP contribution in [-0.2, 0) is 9.53 Å². The molecule has 2 aliphatic rings. The molecule has 2 aliphatic heterocycles. The number of carbonyl (C=O) groups excluding carboxylic acids is 1. The van der Waals surface area contributed by atoms with Gasteiger partial charge in [-0.1, -0.05) is 6.92 Å². The Hall–Kier alpha value is -0.570. The number of hydrogen-bond donors (Lipinski definition) is 1. The first-order valence-corrected chi connectivity index (χ1v) is 9.60. The average molecular weight is 466 g/mol. The molecule has 0 saturated carbocycles. The molecule has 2 heterocycles. The second-order valence-corrected chi connectivity index (χ2v) is 6.76. The van der Waals surface area contributed by atoms with Crippen molar-refractivity contribution in [3.63, 3.8) is 0 Å². The molecule has 2 rings (SSSR count). The number of piperidine rings is 1. The van der Waals surface area contributed by atoms with Crippen LogP contribution < -0.4 is 5.32 Å². The summed E-state index contributed by atoms with van der Waals surface area (Å²) in [6, 6.07) is 0. The molecule has 146 valence electrons. The lowest BCUT2D eigenvalue weighted by atomic mass is 9.97. The molecule has 6 nitrogen and oxygen atoms in total. The van der Waals surface area contributed by atoms with Gasteiger partial charge in [0.2, 0.25) is 0 Å². The maximum atomic E-state index is 11.9. The number of ether oxygens (including phenoxy) is 1. The van der Waals surface area contributed by atoms with Gasteiger partial charge in [0.1, 0.15) is 0 Å². The van der Waals surface area contributed by atoms with Gasteiger partial charge in [-0.05, 0) is 52.1 Å². The third-order valence-electron chi connectivity index (χ3n) is 5.07. The molecule has 7 heteroatoms. The van der Waals surface area contributed by atoms with Gasteiger partial charge in [0, 0.05) is 32.7 Å². The van der Waals surface area contributed by atoms with Crippen molar-refractivity contribution >= 4 is 35.9 Å². The van der Waals surface area contributed by atoms with E-state index in [1.165, 1.54) is 19.5 Å². The van der Waals surface area contributed by atoms with E-state index in [0.717, 1.165) is 51.5 Å². The quantitative estimate of drug-likeness (QED) is 0.282. The summed E-state index contributed by atoms with van der Waals surface area (Å²) < 4.78 is 5.15. The minimum absolute atomic E-state index is 0. The van der Waals surface area contributed by atoms with E-state index in [9.17, 15) is 4.79 Å². The molecule has 2 saturated heterocycles. The van der Waals surface area contributed by atoms with Gasteiger partial charge in [0.05, 0.1) is 12.5 Å². The molecule has 0 aromatic heterocycles. The average Bonchev–Trinajstić information content (AvgIpc) is 3.07. The fourth-order valence-corrected chi connectivity index (χ4v) is 3.58. The second kappa shape index (κ2) is 11.9. The highest BCUT2D eigenvalue weighted by atomic mass is 127. The van der Waals surface area contributed by atoms with E-state index in [1.807, 2.05) is 6.92 Å². The number of likely N-dealkylation sites (tertiary alicyclic amines) is 2. The first-order valence-electron chi connectivity index (χ1n) is 9.60. The summed E-state index contributed by atoms with van der Waals surface area (Å²) in [7, 11) is 0. The van der Waals surface area contributed by atoms with E-state index in [0.29, 0.717) is 12.5 Å². The Morgan fingerprint density at radius 2 is 1.88 bits per heavy atom. The molecular weight excluding hydrogens is 431 g/mol. The van der Waals surface area contributed by atoms with Gasteiger partial charge >= 0.3 is 5.97 Å². The molecule has 0 aromatic rings. The molecule has 1 N–H and O–H groups in total. The van der Waals surface area contributed by atoms with Gasteiger partial charge in [0.15, 0.2) is 5.96 Å². The van der Waals surface area contributed by atoms with Crippen LogP contribution in [0.4, 0.5) is 0 Å². The summed E-state index contributed by atoms with van der Waals surface area (Å²) in [4.78, 5) is 21.5. The molecule has 0 spiro atoms. The predicted molar refractivity (Wildman–Crippen MR) is 113 cm³/mol. The molecule has 2 fully saturated rings. The Morgan fingerprint density at radius 1 is 1.16 bits per heavy atom. The first-order chi connectivity index (χ1) is 11.7. The van der Waals surface area contributed by atoms with Crippen molar-refractivity contribution in [1.82, 2.24) is 15.1 Å². The minimum atomic E-state index is -0.0373. The maximum Gasteiger partial charge on any atom is 0.309 e. The van der Waals surface area contributed by atoms with Crippen molar-refractivity contribution < 1.29 is 9.53 Å². The standard InChI is InChI=1S/C18H34N4O2.HI/c1-4-19-18(20-13-15-7-10-21(5-2)14-15)22-11-8-16(9-12-22)17(23)24-6-3;/h15-16H,4-14H2,1-3H3,(H,19,20);1H. The monoisotopic (exact) mass is 466 g/mol. The highest BCUT2D eigenvalue weighted by molar-refractivity contribution is 14.0. The van der Waals surface area contributed by atoms with E-state index in [2.05, 4.69) is 29.0 Å². The van der Waals surface area contributed by atoms with Crippen LogP contribution in [0.3, 0.4) is 0 Å². The fraction of sp³-hybridized carbons (Fsp3) is 0.889. The number of guanidine groups is 1. The number of rotatable bonds is 6. The van der Waals surface area contributed by atoms with E-state index in [-0.39, 0.29) is 35.9 Å². The minimum Gasteiger partial charge on any atom is -0.466 e. The second-order valence-electron chi connectivity index (χ2n) is 6.76. The lowest BCUT2D eigenvalue weighted by Crippen LogP contribution is -2.47. The number of nitrogens with one attached hydrogen (secondary N) is 1. The Balaban J connectivity index is 0.00000312. The topological polar surface area (TPSA) is 57.2 Å². The van der Waals surface area contributed by atoms with E-state index in [4.69, 9.17) is 9.73 Å². The summed E-state index contributed by atoms with van der Waals surface area (Å²) >= 11 is 0. The summed E-state index contributed by atoms with van der Waals surface area (Å²) in [6.07, 6.45) is 2.97. The highest BCUT2D eigenvalue weighted by Gasteiger charge is 2.27. The zero-order valence-electron chi connectivity index (χ0n) is 16.0. The van der Waals surface area contributed by atoms with Crippen LogP contribution in [0.2, 0.25) is 0 Å². The largest absolute Gasteiger partial charge is 0.466 e. The van der Waals surface area contributed by atoms with Crippen LogP contribution in [0.15, 0.2) is 4.99 Å². The summed E-state index contributed by atoms with van der Waals surface area (Å²) in [5.41, 5.74) is 0. The molecule has 0 amide bonds. The molecule has 1 atom stereocenters. The Labute approximate surface area is 169 Å². The molecule has 1 unspecified atom stereocenters. The Morgan fingerprint density at radius 3 is 2.44 bits per heavy atom. The van der Waals surface area contributed by atoms with Gasteiger partial charge in [-0.15, -0.1) is 24.0 Å². The van der Waals surface area contributed by atoms with Crippen molar-refractivity contribution in [2.75, 3.05) is 52.4 Å². The van der Waals surface area contributed by atoms with Crippen molar-refractivity contribution in [3.05, 3.63) is 0 Å². The van der Waals surface area contributed by atoms with Crippen molar-refractivity contribution in [3.8, 4) is 0 Å². The SMILES string of the molecule is CCNC(=NCC1CCN(CC)C1)N1CCC(C(=O)OCC)CC1.I. The van der Waals surface area contributed by atoms with Crippen molar-refractivity contribution in [2.45, 2.75) is 40.0 Å². The summed E-state index contributed by atoms with van der Waals surface area (Å²) in [5.74, 6) is 1.70. The first kappa shape index (κ1) is 22.5. The van der Waals surface area contributed by atoms with Gasteiger partial charge in [-0.3, -0.25) is 9.79 Å². The zero-order chi connectivity index (χ0) is 17.4. The van der Waals surface area contributed by atoms with Crippen LogP contribution in [0, 0.1) is 11.8 Å².